The van der Waals surface area contributed by atoms with Crippen LogP contribution in [0.1, 0.15) is 13.8 Å². The maximum absolute atomic E-state index is 11.9. The molecule has 0 aromatic rings. The first-order chi connectivity index (χ1) is 6.10. The van der Waals surface area contributed by atoms with Crippen LogP contribution in [0.25, 0.3) is 0 Å². The molecule has 3 nitrogen and oxygen atoms in total. The molecule has 0 rings (SSSR count). The van der Waals surface area contributed by atoms with E-state index in [0.29, 0.717) is 4.90 Å². The fraction of sp³-hybridized carbons (Fsp3) is 0.750. The van der Waals surface area contributed by atoms with E-state index in [0.717, 1.165) is 7.05 Å². The van der Waals surface area contributed by atoms with Crippen LogP contribution in [-0.4, -0.2) is 30.6 Å². The smallest absolute Gasteiger partial charge is 0.335 e. The fourth-order valence-corrected chi connectivity index (χ4v) is 0.866. The van der Waals surface area contributed by atoms with Gasteiger partial charge in [-0.3, -0.25) is 4.79 Å². The Morgan fingerprint density at radius 2 is 1.86 bits per heavy atom. The predicted molar refractivity (Wildman–Crippen MR) is 43.1 cm³/mol. The van der Waals surface area contributed by atoms with Crippen LogP contribution in [0, 0.1) is 16.7 Å². The number of hydrogen-bond acceptors (Lipinski definition) is 2. The fourth-order valence-electron chi connectivity index (χ4n) is 0.866. The molecule has 0 aliphatic rings. The average Bonchev–Trinajstić information content (AvgIpc) is 2.00. The van der Waals surface area contributed by atoms with E-state index in [1.165, 1.54) is 13.8 Å². The molecule has 0 N–H and O–H groups in total. The molecule has 0 aliphatic heterocycles. The minimum absolute atomic E-state index is 0.503. The SMILES string of the molecule is CN(CC(F)(F)F)C(=O)C(C)(C)C#N. The summed E-state index contributed by atoms with van der Waals surface area (Å²) in [6, 6.07) is 1.65. The standard InChI is InChI=1S/C8H11F3N2O/c1-7(2,4-12)6(14)13(3)5-8(9,10)11/h5H2,1-3H3. The van der Waals surface area contributed by atoms with Gasteiger partial charge in [0.15, 0.2) is 0 Å². The van der Waals surface area contributed by atoms with Crippen molar-refractivity contribution in [2.75, 3.05) is 13.6 Å². The van der Waals surface area contributed by atoms with Crippen molar-refractivity contribution >= 4 is 5.91 Å². The first kappa shape index (κ1) is 12.8. The van der Waals surface area contributed by atoms with E-state index in [1.807, 2.05) is 0 Å². The number of nitrogens with zero attached hydrogens (tertiary/aromatic N) is 2. The van der Waals surface area contributed by atoms with Gasteiger partial charge in [0.1, 0.15) is 12.0 Å². The van der Waals surface area contributed by atoms with E-state index in [9.17, 15) is 18.0 Å². The Morgan fingerprint density at radius 1 is 1.43 bits per heavy atom. The lowest BCUT2D eigenvalue weighted by atomic mass is 9.94. The van der Waals surface area contributed by atoms with Gasteiger partial charge >= 0.3 is 6.18 Å². The first-order valence-corrected chi connectivity index (χ1v) is 3.84. The molecule has 0 radical (unpaired) electrons. The number of alkyl halides is 3. The topological polar surface area (TPSA) is 44.1 Å². The van der Waals surface area contributed by atoms with E-state index in [4.69, 9.17) is 5.26 Å². The van der Waals surface area contributed by atoms with Crippen LogP contribution in [0.15, 0.2) is 0 Å². The highest BCUT2D eigenvalue weighted by atomic mass is 19.4. The zero-order valence-electron chi connectivity index (χ0n) is 8.14. The maximum Gasteiger partial charge on any atom is 0.406 e. The summed E-state index contributed by atoms with van der Waals surface area (Å²) in [7, 11) is 1.02. The number of nitriles is 1. The predicted octanol–water partition coefficient (Wildman–Crippen LogP) is 1.56. The Hall–Kier alpha value is -1.25. The molecule has 0 spiro atoms. The Labute approximate surface area is 80.1 Å². The Bertz CT molecular complexity index is 265. The molecule has 0 aromatic carbocycles. The number of amides is 1. The molecule has 0 aromatic heterocycles. The van der Waals surface area contributed by atoms with Gasteiger partial charge in [-0.05, 0) is 13.8 Å². The van der Waals surface area contributed by atoms with Gasteiger partial charge in [0.2, 0.25) is 5.91 Å². The van der Waals surface area contributed by atoms with E-state index in [1.54, 1.807) is 6.07 Å². The highest BCUT2D eigenvalue weighted by Gasteiger charge is 2.36. The molecule has 0 saturated carbocycles. The third-order valence-corrected chi connectivity index (χ3v) is 1.58. The van der Waals surface area contributed by atoms with Crippen molar-refractivity contribution in [1.82, 2.24) is 4.90 Å². The van der Waals surface area contributed by atoms with Crippen LogP contribution in [0.3, 0.4) is 0 Å². The van der Waals surface area contributed by atoms with Crippen LogP contribution >= 0.6 is 0 Å². The highest BCUT2D eigenvalue weighted by Crippen LogP contribution is 2.21. The minimum Gasteiger partial charge on any atom is -0.335 e. The summed E-state index contributed by atoms with van der Waals surface area (Å²) >= 11 is 0. The monoisotopic (exact) mass is 208 g/mol. The van der Waals surface area contributed by atoms with Crippen LogP contribution in [0.4, 0.5) is 13.2 Å². The third kappa shape index (κ3) is 3.64. The molecule has 14 heavy (non-hydrogen) atoms. The normalized spacial score (nSPS) is 12.1. The van der Waals surface area contributed by atoms with Gasteiger partial charge in [-0.25, -0.2) is 0 Å². The van der Waals surface area contributed by atoms with Gasteiger partial charge in [-0.15, -0.1) is 0 Å². The number of carbonyl (C=O) groups is 1. The van der Waals surface area contributed by atoms with Gasteiger partial charge < -0.3 is 4.90 Å². The summed E-state index contributed by atoms with van der Waals surface area (Å²) in [5.74, 6) is -0.836. The first-order valence-electron chi connectivity index (χ1n) is 3.84. The highest BCUT2D eigenvalue weighted by molar-refractivity contribution is 5.84. The number of carbonyl (C=O) groups excluding carboxylic acids is 1. The van der Waals surface area contributed by atoms with Crippen LogP contribution in [0.2, 0.25) is 0 Å². The van der Waals surface area contributed by atoms with Gasteiger partial charge in [0, 0.05) is 7.05 Å². The molecule has 6 heteroatoms. The molecule has 80 valence electrons. The van der Waals surface area contributed by atoms with E-state index in [2.05, 4.69) is 0 Å². The zero-order valence-corrected chi connectivity index (χ0v) is 8.14. The molecule has 0 atom stereocenters. The Morgan fingerprint density at radius 3 is 2.14 bits per heavy atom. The van der Waals surface area contributed by atoms with Crippen molar-refractivity contribution < 1.29 is 18.0 Å². The number of halogens is 3. The molecule has 0 unspecified atom stereocenters. The Kier molecular flexibility index (Phi) is 3.52. The lowest BCUT2D eigenvalue weighted by molar-refractivity contribution is -0.162. The van der Waals surface area contributed by atoms with Crippen molar-refractivity contribution in [3.63, 3.8) is 0 Å². The molecule has 0 fully saturated rings. The van der Waals surface area contributed by atoms with Gasteiger partial charge in [-0.1, -0.05) is 0 Å². The van der Waals surface area contributed by atoms with E-state index < -0.39 is 24.0 Å². The largest absolute Gasteiger partial charge is 0.406 e. The van der Waals surface area contributed by atoms with Crippen molar-refractivity contribution in [1.29, 1.82) is 5.26 Å². The lowest BCUT2D eigenvalue weighted by Gasteiger charge is -2.24. The molecular formula is C8H11F3N2O. The second kappa shape index (κ2) is 3.86. The van der Waals surface area contributed by atoms with Crippen LogP contribution in [0.5, 0.6) is 0 Å². The van der Waals surface area contributed by atoms with Crippen molar-refractivity contribution in [3.05, 3.63) is 0 Å². The minimum atomic E-state index is -4.43. The van der Waals surface area contributed by atoms with E-state index >= 15 is 0 Å². The summed E-state index contributed by atoms with van der Waals surface area (Å²) in [5.41, 5.74) is -1.42. The maximum atomic E-state index is 11.9. The molecular weight excluding hydrogens is 197 g/mol. The lowest BCUT2D eigenvalue weighted by Crippen LogP contribution is -2.42. The van der Waals surface area contributed by atoms with Gasteiger partial charge in [-0.2, -0.15) is 18.4 Å². The molecule has 0 saturated heterocycles. The second-order valence-electron chi connectivity index (χ2n) is 3.51. The molecule has 0 bridgehead atoms. The summed E-state index contributed by atoms with van der Waals surface area (Å²) in [6.07, 6.45) is -4.43. The summed E-state index contributed by atoms with van der Waals surface area (Å²) < 4.78 is 35.6. The quantitative estimate of drug-likeness (QED) is 0.691. The van der Waals surface area contributed by atoms with Crippen molar-refractivity contribution in [2.45, 2.75) is 20.0 Å². The van der Waals surface area contributed by atoms with Crippen LogP contribution in [-0.2, 0) is 4.79 Å². The molecule has 1 amide bonds. The number of rotatable bonds is 2. The van der Waals surface area contributed by atoms with Crippen molar-refractivity contribution in [3.8, 4) is 6.07 Å². The summed E-state index contributed by atoms with van der Waals surface area (Å²) in [5, 5.41) is 8.53. The van der Waals surface area contributed by atoms with E-state index in [-0.39, 0.29) is 0 Å². The number of hydrogen-bond donors (Lipinski definition) is 0. The van der Waals surface area contributed by atoms with Gasteiger partial charge in [0.05, 0.1) is 6.07 Å². The summed E-state index contributed by atoms with van der Waals surface area (Å²) in [4.78, 5) is 11.8. The third-order valence-electron chi connectivity index (χ3n) is 1.58. The average molecular weight is 208 g/mol. The summed E-state index contributed by atoms with van der Waals surface area (Å²) in [6.45, 7) is 1.22. The Balaban J connectivity index is 4.51. The van der Waals surface area contributed by atoms with Gasteiger partial charge in [0.25, 0.3) is 0 Å². The van der Waals surface area contributed by atoms with Crippen LogP contribution < -0.4 is 0 Å². The molecule has 0 heterocycles. The zero-order chi connectivity index (χ0) is 11.6. The molecule has 0 aliphatic carbocycles. The van der Waals surface area contributed by atoms with Crippen molar-refractivity contribution in [2.24, 2.45) is 5.41 Å². The second-order valence-corrected chi connectivity index (χ2v) is 3.51.